The third kappa shape index (κ3) is 4.90. The van der Waals surface area contributed by atoms with Crippen molar-refractivity contribution in [3.05, 3.63) is 65.2 Å². The molecule has 1 atom stereocenters. The molecule has 0 aromatic heterocycles. The normalized spacial score (nSPS) is 16.2. The van der Waals surface area contributed by atoms with Crippen molar-refractivity contribution < 1.29 is 9.53 Å². The monoisotopic (exact) mass is 377 g/mol. The Kier molecular flexibility index (Phi) is 6.67. The van der Waals surface area contributed by atoms with E-state index >= 15 is 0 Å². The fraction of sp³-hybridized carbons (Fsp3) is 0.391. The van der Waals surface area contributed by atoms with Gasteiger partial charge in [-0.3, -0.25) is 9.69 Å². The molecule has 0 spiro atoms. The maximum Gasteiger partial charge on any atom is 0.237 e. The van der Waals surface area contributed by atoms with Crippen LogP contribution in [0.5, 0.6) is 5.75 Å². The molecule has 5 heteroatoms. The van der Waals surface area contributed by atoms with Gasteiger partial charge in [-0.25, -0.2) is 0 Å². The van der Waals surface area contributed by atoms with Crippen LogP contribution in [0.25, 0.3) is 0 Å². The van der Waals surface area contributed by atoms with Gasteiger partial charge in [0.15, 0.2) is 0 Å². The van der Waals surface area contributed by atoms with Crippen molar-refractivity contribution in [3.63, 3.8) is 0 Å². The van der Waals surface area contributed by atoms with Gasteiger partial charge < -0.3 is 9.64 Å². The van der Waals surface area contributed by atoms with E-state index in [2.05, 4.69) is 18.2 Å². The zero-order valence-electron chi connectivity index (χ0n) is 16.6. The van der Waals surface area contributed by atoms with Crippen molar-refractivity contribution in [2.24, 2.45) is 0 Å². The lowest BCUT2D eigenvalue weighted by Crippen LogP contribution is -2.38. The fourth-order valence-electron chi connectivity index (χ4n) is 3.79. The van der Waals surface area contributed by atoms with E-state index < -0.39 is 0 Å². The molecule has 0 aliphatic carbocycles. The summed E-state index contributed by atoms with van der Waals surface area (Å²) < 4.78 is 5.52. The van der Waals surface area contributed by atoms with Crippen molar-refractivity contribution in [1.82, 2.24) is 9.80 Å². The summed E-state index contributed by atoms with van der Waals surface area (Å²) in [6.45, 7) is 4.43. The Morgan fingerprint density at radius 3 is 2.79 bits per heavy atom. The molecule has 1 saturated heterocycles. The van der Waals surface area contributed by atoms with E-state index in [0.29, 0.717) is 25.3 Å². The Morgan fingerprint density at radius 2 is 2.07 bits per heavy atom. The number of nitrogens with zero attached hydrogens (tertiary/aromatic N) is 3. The van der Waals surface area contributed by atoms with Gasteiger partial charge in [0.2, 0.25) is 5.91 Å². The van der Waals surface area contributed by atoms with Crippen LogP contribution in [0.4, 0.5) is 0 Å². The molecule has 1 heterocycles. The van der Waals surface area contributed by atoms with E-state index in [0.717, 1.165) is 30.7 Å². The molecule has 1 unspecified atom stereocenters. The van der Waals surface area contributed by atoms with Crippen molar-refractivity contribution in [2.45, 2.75) is 32.4 Å². The molecule has 0 bridgehead atoms. The summed E-state index contributed by atoms with van der Waals surface area (Å²) in [5, 5.41) is 9.04. The molecule has 0 radical (unpaired) electrons. The Labute approximate surface area is 167 Å². The molecule has 2 aromatic rings. The van der Waals surface area contributed by atoms with Gasteiger partial charge in [0.25, 0.3) is 0 Å². The molecule has 1 aliphatic heterocycles. The summed E-state index contributed by atoms with van der Waals surface area (Å²) in [7, 11) is 1.94. The number of amides is 1. The number of carbonyl (C=O) groups is 1. The first kappa shape index (κ1) is 19.9. The lowest BCUT2D eigenvalue weighted by molar-refractivity contribution is -0.133. The Bertz CT molecular complexity index is 842. The summed E-state index contributed by atoms with van der Waals surface area (Å²) in [4.78, 5) is 16.9. The predicted octanol–water partition coefficient (Wildman–Crippen LogP) is 3.75. The van der Waals surface area contributed by atoms with Crippen LogP contribution in [0.1, 0.15) is 42.5 Å². The number of hydrogen-bond donors (Lipinski definition) is 0. The second-order valence-corrected chi connectivity index (χ2v) is 7.23. The fourth-order valence-corrected chi connectivity index (χ4v) is 3.79. The van der Waals surface area contributed by atoms with Gasteiger partial charge in [-0.05, 0) is 62.2 Å². The largest absolute Gasteiger partial charge is 0.494 e. The van der Waals surface area contributed by atoms with Gasteiger partial charge in [0.1, 0.15) is 5.75 Å². The minimum Gasteiger partial charge on any atom is -0.494 e. The van der Waals surface area contributed by atoms with Gasteiger partial charge >= 0.3 is 0 Å². The van der Waals surface area contributed by atoms with E-state index in [1.165, 1.54) is 5.56 Å². The van der Waals surface area contributed by atoms with Crippen LogP contribution in [0.2, 0.25) is 0 Å². The molecule has 0 saturated carbocycles. The Hall–Kier alpha value is -2.84. The summed E-state index contributed by atoms with van der Waals surface area (Å²) in [6, 6.07) is 17.9. The second-order valence-electron chi connectivity index (χ2n) is 7.23. The molecule has 1 fully saturated rings. The average Bonchev–Trinajstić information content (AvgIpc) is 3.19. The second kappa shape index (κ2) is 9.38. The summed E-state index contributed by atoms with van der Waals surface area (Å²) in [5.41, 5.74) is 2.85. The van der Waals surface area contributed by atoms with E-state index in [1.54, 1.807) is 6.07 Å². The molecule has 28 heavy (non-hydrogen) atoms. The molecule has 146 valence electrons. The van der Waals surface area contributed by atoms with Crippen molar-refractivity contribution in [2.75, 3.05) is 26.7 Å². The van der Waals surface area contributed by atoms with Crippen LogP contribution >= 0.6 is 0 Å². The number of hydrogen-bond acceptors (Lipinski definition) is 4. The zero-order chi connectivity index (χ0) is 19.9. The molecule has 5 nitrogen and oxygen atoms in total. The van der Waals surface area contributed by atoms with Gasteiger partial charge in [0, 0.05) is 13.1 Å². The van der Waals surface area contributed by atoms with E-state index in [1.807, 2.05) is 54.1 Å². The third-order valence-corrected chi connectivity index (χ3v) is 5.06. The molecular formula is C23H27N3O2. The Morgan fingerprint density at radius 1 is 1.29 bits per heavy atom. The topological polar surface area (TPSA) is 56.6 Å². The van der Waals surface area contributed by atoms with Crippen LogP contribution in [0.3, 0.4) is 0 Å². The number of likely N-dealkylation sites (N-methyl/N-ethyl adjacent to an activating group) is 1. The summed E-state index contributed by atoms with van der Waals surface area (Å²) in [5.74, 6) is 1.01. The third-order valence-electron chi connectivity index (χ3n) is 5.06. The van der Waals surface area contributed by atoms with Crippen LogP contribution < -0.4 is 4.74 Å². The quantitative estimate of drug-likeness (QED) is 0.737. The van der Waals surface area contributed by atoms with Crippen molar-refractivity contribution >= 4 is 5.91 Å². The number of carbonyl (C=O) groups excluding carboxylic acids is 1. The average molecular weight is 377 g/mol. The Balaban J connectivity index is 1.61. The standard InChI is InChI=1S/C23H27N3O2/c1-3-28-21-11-9-20(10-12-21)22-8-5-13-26(22)23(27)17-25(2)16-19-7-4-6-18(14-19)15-24/h4,6-7,9-12,14,22H,3,5,8,13,16-17H2,1-2H3. The minimum absolute atomic E-state index is 0.137. The van der Waals surface area contributed by atoms with Crippen LogP contribution in [0, 0.1) is 11.3 Å². The highest BCUT2D eigenvalue weighted by Crippen LogP contribution is 2.32. The number of ether oxygens (including phenoxy) is 1. The lowest BCUT2D eigenvalue weighted by atomic mass is 10.0. The highest BCUT2D eigenvalue weighted by Gasteiger charge is 2.30. The minimum atomic E-state index is 0.137. The van der Waals surface area contributed by atoms with Crippen molar-refractivity contribution in [3.8, 4) is 11.8 Å². The summed E-state index contributed by atoms with van der Waals surface area (Å²) in [6.07, 6.45) is 2.02. The predicted molar refractivity (Wildman–Crippen MR) is 109 cm³/mol. The number of likely N-dealkylation sites (tertiary alicyclic amines) is 1. The highest BCUT2D eigenvalue weighted by atomic mass is 16.5. The highest BCUT2D eigenvalue weighted by molar-refractivity contribution is 5.79. The van der Waals surface area contributed by atoms with E-state index in [-0.39, 0.29) is 11.9 Å². The van der Waals surface area contributed by atoms with Gasteiger partial charge in [-0.2, -0.15) is 5.26 Å². The van der Waals surface area contributed by atoms with Gasteiger partial charge in [0.05, 0.1) is 30.8 Å². The van der Waals surface area contributed by atoms with Crippen LogP contribution in [-0.4, -0.2) is 42.5 Å². The smallest absolute Gasteiger partial charge is 0.237 e. The van der Waals surface area contributed by atoms with Crippen LogP contribution in [0.15, 0.2) is 48.5 Å². The molecule has 0 N–H and O–H groups in total. The number of rotatable bonds is 7. The first-order valence-corrected chi connectivity index (χ1v) is 9.80. The molecule has 2 aromatic carbocycles. The van der Waals surface area contributed by atoms with E-state index in [9.17, 15) is 4.79 Å². The van der Waals surface area contributed by atoms with Crippen LogP contribution in [-0.2, 0) is 11.3 Å². The molecule has 1 aliphatic rings. The summed E-state index contributed by atoms with van der Waals surface area (Å²) >= 11 is 0. The first-order valence-electron chi connectivity index (χ1n) is 9.80. The van der Waals surface area contributed by atoms with Crippen molar-refractivity contribution in [1.29, 1.82) is 5.26 Å². The first-order chi connectivity index (χ1) is 13.6. The van der Waals surface area contributed by atoms with Gasteiger partial charge in [-0.1, -0.05) is 24.3 Å². The molecule has 3 rings (SSSR count). The van der Waals surface area contributed by atoms with E-state index in [4.69, 9.17) is 10.00 Å². The molecular weight excluding hydrogens is 350 g/mol. The number of benzene rings is 2. The number of nitriles is 1. The van der Waals surface area contributed by atoms with Gasteiger partial charge in [-0.15, -0.1) is 0 Å². The molecule has 1 amide bonds. The maximum absolute atomic E-state index is 12.9. The zero-order valence-corrected chi connectivity index (χ0v) is 16.6. The maximum atomic E-state index is 12.9. The lowest BCUT2D eigenvalue weighted by Gasteiger charge is -2.27. The SMILES string of the molecule is CCOc1ccc(C2CCCN2C(=O)CN(C)Cc2cccc(C#N)c2)cc1.